The van der Waals surface area contributed by atoms with Crippen LogP contribution in [0.2, 0.25) is 0 Å². The van der Waals surface area contributed by atoms with Crippen LogP contribution in [0.25, 0.3) is 122 Å². The molecule has 0 radical (unpaired) electrons. The Bertz CT molecular complexity index is 7270. The largest absolute Gasteiger partial charge is 0.458 e. The fraction of sp³-hybridized carbons (Fsp3) is 0. The summed E-state index contributed by atoms with van der Waals surface area (Å²) in [5.41, 5.74) is 19.5. The third kappa shape index (κ3) is 9.46. The van der Waals surface area contributed by atoms with Crippen molar-refractivity contribution in [2.45, 2.75) is 0 Å². The second-order valence-electron chi connectivity index (χ2n) is 28.1. The molecular formula is C102H64B2N4O2. The van der Waals surface area contributed by atoms with Gasteiger partial charge in [-0.1, -0.05) is 321 Å². The van der Waals surface area contributed by atoms with E-state index in [1.165, 1.54) is 9.13 Å². The number of anilines is 6. The van der Waals surface area contributed by atoms with Crippen molar-refractivity contribution in [2.75, 3.05) is 9.80 Å². The van der Waals surface area contributed by atoms with Crippen LogP contribution < -0.4 is 52.1 Å². The molecule has 6 heterocycles. The zero-order valence-corrected chi connectivity index (χ0v) is 58.5. The van der Waals surface area contributed by atoms with Gasteiger partial charge in [-0.3, -0.25) is 0 Å². The Kier molecular flexibility index (Phi) is 10.7. The quantitative estimate of drug-likeness (QED) is 0.128. The van der Waals surface area contributed by atoms with E-state index in [0.717, 1.165) is 111 Å². The first-order valence-electron chi connectivity index (χ1n) is 44.6. The molecule has 510 valence electrons. The minimum Gasteiger partial charge on any atom is -0.458 e. The summed E-state index contributed by atoms with van der Waals surface area (Å²) in [6.07, 6.45) is 0. The summed E-state index contributed by atoms with van der Waals surface area (Å²) < 4.78 is 171. The number of hydrogen-bond donors (Lipinski definition) is 0. The minimum atomic E-state index is -0.727. The lowest BCUT2D eigenvalue weighted by molar-refractivity contribution is 0.465. The Labute approximate surface area is 660 Å². The maximum Gasteiger partial charge on any atom is 0.256 e. The zero-order chi connectivity index (χ0) is 86.0. The first-order chi connectivity index (χ1) is 61.2. The van der Waals surface area contributed by atoms with Crippen LogP contribution in [-0.2, 0) is 0 Å². The van der Waals surface area contributed by atoms with Crippen LogP contribution in [0.3, 0.4) is 0 Å². The molecule has 0 saturated heterocycles. The normalized spacial score (nSPS) is 14.8. The summed E-state index contributed by atoms with van der Waals surface area (Å²) in [5, 5.41) is -0.400. The van der Waals surface area contributed by atoms with Crippen LogP contribution >= 0.6 is 0 Å². The Hall–Kier alpha value is -14.3. The van der Waals surface area contributed by atoms with Gasteiger partial charge in [0.2, 0.25) is 0 Å². The van der Waals surface area contributed by atoms with E-state index in [1.807, 2.05) is 127 Å². The molecular weight excluding hydrogens is 1330 g/mol. The maximum absolute atomic E-state index is 9.92. The molecule has 0 spiro atoms. The molecule has 0 atom stereocenters. The van der Waals surface area contributed by atoms with Crippen LogP contribution in [0.1, 0.15) is 21.9 Å². The second kappa shape index (κ2) is 24.6. The maximum atomic E-state index is 9.92. The second-order valence-corrected chi connectivity index (χ2v) is 28.1. The molecule has 0 unspecified atom stereocenters. The van der Waals surface area contributed by atoms with Gasteiger partial charge in [-0.15, -0.1) is 0 Å². The lowest BCUT2D eigenvalue weighted by Crippen LogP contribution is -2.63. The molecule has 110 heavy (non-hydrogen) atoms. The van der Waals surface area contributed by atoms with Gasteiger partial charge < -0.3 is 28.4 Å². The molecule has 0 aliphatic carbocycles. The molecule has 0 bridgehead atoms. The molecule has 19 aromatic rings. The lowest BCUT2D eigenvalue weighted by atomic mass is 9.31. The SMILES string of the molecule is [2H]c1c([2H])c([2H])c2c(c1[2H])c1c([2H])c([2H])c([2H])c([2H])c1n2-c1cc2c3c(c1)N(c1c(-c4ccccc4)cccc1-c1ccccc1)c1cc(-c4ccccc4)ccc1B3c1cc3c(cc1O2)Oc1cc(-n2c4c([2H])c([2H])c([2H])c([2H])c4c4c([2H])c([2H])c([2H])c([2H])c42)cc2c1B3c1ccc(-c3ccccc3)cc1N2c1c(-c2ccccc2)cccc1-c1ccccc1. The number of para-hydroxylation sites is 6. The van der Waals surface area contributed by atoms with Gasteiger partial charge in [0.1, 0.15) is 23.0 Å². The van der Waals surface area contributed by atoms with Gasteiger partial charge in [0.25, 0.3) is 13.4 Å². The van der Waals surface area contributed by atoms with Gasteiger partial charge in [0.15, 0.2) is 0 Å². The van der Waals surface area contributed by atoms with Crippen molar-refractivity contribution < 1.29 is 31.4 Å². The summed E-state index contributed by atoms with van der Waals surface area (Å²) in [6, 6.07) is 89.5. The molecule has 2 aromatic heterocycles. The molecule has 0 fully saturated rings. The Morgan fingerprint density at radius 2 is 0.545 bits per heavy atom. The number of nitrogens with zero attached hydrogens (tertiary/aromatic N) is 4. The van der Waals surface area contributed by atoms with Crippen molar-refractivity contribution in [3.63, 3.8) is 0 Å². The fourth-order valence-electron chi connectivity index (χ4n) is 17.6. The Balaban J connectivity index is 0.857. The van der Waals surface area contributed by atoms with E-state index in [0.29, 0.717) is 33.8 Å². The third-order valence-electron chi connectivity index (χ3n) is 22.3. The highest BCUT2D eigenvalue weighted by atomic mass is 16.5. The average Bonchev–Trinajstić information content (AvgIpc) is 1.03. The summed E-state index contributed by atoms with van der Waals surface area (Å²) >= 11 is 0. The molecule has 4 aliphatic rings. The highest BCUT2D eigenvalue weighted by Crippen LogP contribution is 2.54. The number of fused-ring (bicyclic) bond motifs is 14. The van der Waals surface area contributed by atoms with Crippen molar-refractivity contribution >= 4 is 124 Å². The van der Waals surface area contributed by atoms with Crippen molar-refractivity contribution in [3.05, 3.63) is 388 Å². The Morgan fingerprint density at radius 3 is 0.873 bits per heavy atom. The van der Waals surface area contributed by atoms with E-state index >= 15 is 0 Å². The molecule has 0 amide bonds. The van der Waals surface area contributed by atoms with E-state index in [-0.39, 0.29) is 66.5 Å². The average molecular weight is 1420 g/mol. The zero-order valence-electron chi connectivity index (χ0n) is 74.5. The summed E-state index contributed by atoms with van der Waals surface area (Å²) in [6.45, 7) is -1.45. The molecule has 6 nitrogen and oxygen atoms in total. The molecule has 4 aliphatic heterocycles. The fourth-order valence-corrected chi connectivity index (χ4v) is 17.6. The van der Waals surface area contributed by atoms with Gasteiger partial charge in [-0.25, -0.2) is 0 Å². The predicted molar refractivity (Wildman–Crippen MR) is 459 cm³/mol. The summed E-state index contributed by atoms with van der Waals surface area (Å²) in [5.74, 6) is 1.27. The van der Waals surface area contributed by atoms with E-state index in [4.69, 9.17) is 15.0 Å². The van der Waals surface area contributed by atoms with Gasteiger partial charge in [-0.2, -0.15) is 0 Å². The van der Waals surface area contributed by atoms with Gasteiger partial charge in [-0.05, 0) is 126 Å². The predicted octanol–water partition coefficient (Wildman–Crippen LogP) is 22.7. The van der Waals surface area contributed by atoms with Crippen LogP contribution in [0.15, 0.2) is 388 Å². The standard InChI is InChI=1S/C102H64B2N4O2/c1-7-29-65(30-8-1)71-53-55-83-91(57-71)107(101-75(67-33-11-3-12-34-67)45-27-46-76(101)68-35-13-4-14-36-68)93-59-73(105-87-49-23-19-41-79(87)80-42-20-24-50-88(80)105)61-97-99(93)103(83)85-63-86-96(64-95(85)109-97)110-98-62-74(106-89-51-25-21-43-81(89)82-44-22-26-52-90(82)106)60-94-100(98)104(86)84-56-54-72(66-31-9-2-10-32-66)58-92(84)108(94)102-77(69-37-15-5-16-38-69)47-28-48-78(102)70-39-17-6-18-40-70/h1-64H/i19D,20D,21D,22D,23D,24D,25D,26D,41D,42D,43D,44D,49D,50D,51D,52D. The highest BCUT2D eigenvalue weighted by Gasteiger charge is 2.48. The van der Waals surface area contributed by atoms with E-state index in [1.54, 1.807) is 12.1 Å². The first-order valence-corrected chi connectivity index (χ1v) is 36.6. The van der Waals surface area contributed by atoms with E-state index < -0.39 is 110 Å². The van der Waals surface area contributed by atoms with E-state index in [2.05, 4.69) is 161 Å². The van der Waals surface area contributed by atoms with Crippen molar-refractivity contribution in [3.8, 4) is 101 Å². The minimum absolute atomic E-state index is 0.0877. The van der Waals surface area contributed by atoms with E-state index in [9.17, 15) is 16.4 Å². The third-order valence-corrected chi connectivity index (χ3v) is 22.3. The number of ether oxygens (including phenoxy) is 2. The van der Waals surface area contributed by atoms with Crippen LogP contribution in [-0.4, -0.2) is 22.6 Å². The summed E-state index contributed by atoms with van der Waals surface area (Å²) in [7, 11) is 0. The Morgan fingerprint density at radius 1 is 0.236 bits per heavy atom. The van der Waals surface area contributed by atoms with Crippen LogP contribution in [0.4, 0.5) is 34.1 Å². The number of aromatic nitrogens is 2. The smallest absolute Gasteiger partial charge is 0.256 e. The molecule has 0 saturated carbocycles. The lowest BCUT2D eigenvalue weighted by Gasteiger charge is -2.43. The van der Waals surface area contributed by atoms with Crippen molar-refractivity contribution in [2.24, 2.45) is 0 Å². The van der Waals surface area contributed by atoms with Crippen molar-refractivity contribution in [1.29, 1.82) is 0 Å². The monoisotopic (exact) mass is 1410 g/mol. The van der Waals surface area contributed by atoms with Gasteiger partial charge >= 0.3 is 0 Å². The van der Waals surface area contributed by atoms with Crippen molar-refractivity contribution in [1.82, 2.24) is 9.13 Å². The van der Waals surface area contributed by atoms with Crippen LogP contribution in [0, 0.1) is 0 Å². The topological polar surface area (TPSA) is 34.8 Å². The molecule has 8 heteroatoms. The molecule has 23 rings (SSSR count). The van der Waals surface area contributed by atoms with Crippen LogP contribution in [0.5, 0.6) is 23.0 Å². The number of benzene rings is 17. The van der Waals surface area contributed by atoms with Gasteiger partial charge in [0.05, 0.1) is 66.7 Å². The number of hydrogen-bond acceptors (Lipinski definition) is 4. The first kappa shape index (κ1) is 48.0. The molecule has 0 N–H and O–H groups in total. The van der Waals surface area contributed by atoms with Gasteiger partial charge in [0, 0.05) is 84.7 Å². The number of rotatable bonds is 10. The molecule has 17 aromatic carbocycles. The summed E-state index contributed by atoms with van der Waals surface area (Å²) in [4.78, 5) is 4.53. The highest BCUT2D eigenvalue weighted by molar-refractivity contribution is 7.02.